The van der Waals surface area contributed by atoms with Crippen molar-refractivity contribution in [3.63, 3.8) is 0 Å². The third-order valence-electron chi connectivity index (χ3n) is 2.37. The summed E-state index contributed by atoms with van der Waals surface area (Å²) in [5.41, 5.74) is 0. The average Bonchev–Trinajstić information content (AvgIpc) is 2.63. The Labute approximate surface area is 88.2 Å². The number of aliphatic carboxylic acids is 1. The van der Waals surface area contributed by atoms with Crippen LogP contribution in [0.3, 0.4) is 0 Å². The van der Waals surface area contributed by atoms with Crippen molar-refractivity contribution in [3.8, 4) is 0 Å². The molecular formula is C9H16N2O4. The lowest BCUT2D eigenvalue weighted by Crippen LogP contribution is -2.40. The zero-order chi connectivity index (χ0) is 11.3. The largest absolute Gasteiger partial charge is 0.480 e. The molecule has 0 spiro atoms. The van der Waals surface area contributed by atoms with Crippen LogP contribution >= 0.6 is 0 Å². The minimum Gasteiger partial charge on any atom is -0.480 e. The molecule has 1 aliphatic rings. The molecule has 0 aromatic heterocycles. The Morgan fingerprint density at radius 2 is 2.33 bits per heavy atom. The SMILES string of the molecule is COCC1CCN(C(=O)NCC(=O)O)C1. The van der Waals surface area contributed by atoms with E-state index in [0.29, 0.717) is 25.6 Å². The highest BCUT2D eigenvalue weighted by Gasteiger charge is 2.25. The van der Waals surface area contributed by atoms with Crippen LogP contribution in [0.25, 0.3) is 0 Å². The van der Waals surface area contributed by atoms with Gasteiger partial charge in [-0.3, -0.25) is 4.79 Å². The summed E-state index contributed by atoms with van der Waals surface area (Å²) in [5, 5.41) is 10.7. The first-order valence-corrected chi connectivity index (χ1v) is 4.87. The maximum absolute atomic E-state index is 11.4. The van der Waals surface area contributed by atoms with Gasteiger partial charge in [-0.05, 0) is 6.42 Å². The molecule has 15 heavy (non-hydrogen) atoms. The monoisotopic (exact) mass is 216 g/mol. The number of likely N-dealkylation sites (tertiary alicyclic amines) is 1. The number of ether oxygens (including phenoxy) is 1. The van der Waals surface area contributed by atoms with E-state index in [1.165, 1.54) is 0 Å². The van der Waals surface area contributed by atoms with Crippen LogP contribution < -0.4 is 5.32 Å². The number of methoxy groups -OCH3 is 1. The quantitative estimate of drug-likeness (QED) is 0.679. The number of carbonyl (C=O) groups is 2. The Balaban J connectivity index is 2.27. The predicted octanol–water partition coefficient (Wildman–Crippen LogP) is -0.251. The molecule has 0 aromatic carbocycles. The van der Waals surface area contributed by atoms with Gasteiger partial charge in [-0.25, -0.2) is 4.79 Å². The standard InChI is InChI=1S/C9H16N2O4/c1-15-6-7-2-3-11(5-7)9(14)10-4-8(12)13/h7H,2-6H2,1H3,(H,10,14)(H,12,13). The van der Waals surface area contributed by atoms with Crippen molar-refractivity contribution in [2.45, 2.75) is 6.42 Å². The smallest absolute Gasteiger partial charge is 0.323 e. The molecule has 2 amide bonds. The Bertz CT molecular complexity index is 244. The lowest BCUT2D eigenvalue weighted by molar-refractivity contribution is -0.135. The van der Waals surface area contributed by atoms with Crippen LogP contribution in [0.2, 0.25) is 0 Å². The van der Waals surface area contributed by atoms with Crippen LogP contribution in [0.4, 0.5) is 4.79 Å². The summed E-state index contributed by atoms with van der Waals surface area (Å²) in [5.74, 6) is -0.665. The van der Waals surface area contributed by atoms with E-state index in [1.54, 1.807) is 12.0 Å². The van der Waals surface area contributed by atoms with E-state index in [1.807, 2.05) is 0 Å². The molecular weight excluding hydrogens is 200 g/mol. The van der Waals surface area contributed by atoms with Crippen molar-refractivity contribution in [2.24, 2.45) is 5.92 Å². The molecule has 1 heterocycles. The highest BCUT2D eigenvalue weighted by atomic mass is 16.5. The Hall–Kier alpha value is -1.30. The number of rotatable bonds is 4. The third kappa shape index (κ3) is 3.75. The van der Waals surface area contributed by atoms with Gasteiger partial charge in [-0.2, -0.15) is 0 Å². The first kappa shape index (κ1) is 11.8. The van der Waals surface area contributed by atoms with E-state index in [2.05, 4.69) is 5.32 Å². The van der Waals surface area contributed by atoms with Gasteiger partial charge in [0.1, 0.15) is 6.54 Å². The maximum atomic E-state index is 11.4. The number of amides is 2. The average molecular weight is 216 g/mol. The minimum absolute atomic E-state index is 0.309. The molecule has 0 aromatic rings. The summed E-state index contributed by atoms with van der Waals surface area (Å²) in [6.45, 7) is 1.62. The van der Waals surface area contributed by atoms with Crippen LogP contribution in [0.15, 0.2) is 0 Å². The minimum atomic E-state index is -1.03. The van der Waals surface area contributed by atoms with E-state index in [-0.39, 0.29) is 12.6 Å². The molecule has 0 saturated carbocycles. The molecule has 1 fully saturated rings. The number of carboxylic acid groups (broad SMARTS) is 1. The second-order valence-electron chi connectivity index (χ2n) is 3.61. The first-order chi connectivity index (χ1) is 7.13. The van der Waals surface area contributed by atoms with Gasteiger partial charge in [0.15, 0.2) is 0 Å². The number of carbonyl (C=O) groups excluding carboxylic acids is 1. The number of hydrogen-bond acceptors (Lipinski definition) is 3. The van der Waals surface area contributed by atoms with E-state index < -0.39 is 5.97 Å². The fraction of sp³-hybridized carbons (Fsp3) is 0.778. The van der Waals surface area contributed by atoms with Crippen molar-refractivity contribution in [2.75, 3.05) is 33.4 Å². The lowest BCUT2D eigenvalue weighted by atomic mass is 10.1. The fourth-order valence-electron chi connectivity index (χ4n) is 1.65. The summed E-state index contributed by atoms with van der Waals surface area (Å²) in [7, 11) is 1.63. The van der Waals surface area contributed by atoms with Gasteiger partial charge in [0.25, 0.3) is 0 Å². The van der Waals surface area contributed by atoms with Crippen molar-refractivity contribution < 1.29 is 19.4 Å². The van der Waals surface area contributed by atoms with Gasteiger partial charge in [0, 0.05) is 26.1 Å². The number of hydrogen-bond donors (Lipinski definition) is 2. The van der Waals surface area contributed by atoms with E-state index in [0.717, 1.165) is 6.42 Å². The molecule has 1 rings (SSSR count). The zero-order valence-corrected chi connectivity index (χ0v) is 8.73. The molecule has 1 saturated heterocycles. The normalized spacial score (nSPS) is 20.3. The van der Waals surface area contributed by atoms with E-state index >= 15 is 0 Å². The summed E-state index contributed by atoms with van der Waals surface area (Å²) in [4.78, 5) is 23.3. The molecule has 1 aliphatic heterocycles. The Kier molecular flexibility index (Phi) is 4.36. The number of carboxylic acids is 1. The number of nitrogens with zero attached hydrogens (tertiary/aromatic N) is 1. The van der Waals surface area contributed by atoms with Gasteiger partial charge < -0.3 is 20.1 Å². The molecule has 0 aliphatic carbocycles. The molecule has 0 radical (unpaired) electrons. The number of urea groups is 1. The summed E-state index contributed by atoms with van der Waals surface area (Å²) < 4.78 is 5.00. The van der Waals surface area contributed by atoms with E-state index in [9.17, 15) is 9.59 Å². The number of nitrogens with one attached hydrogen (secondary N) is 1. The van der Waals surface area contributed by atoms with Gasteiger partial charge in [0.2, 0.25) is 0 Å². The predicted molar refractivity (Wildman–Crippen MR) is 52.6 cm³/mol. The molecule has 86 valence electrons. The molecule has 6 heteroatoms. The Morgan fingerprint density at radius 1 is 1.60 bits per heavy atom. The third-order valence-corrected chi connectivity index (χ3v) is 2.37. The second kappa shape index (κ2) is 5.55. The first-order valence-electron chi connectivity index (χ1n) is 4.87. The van der Waals surface area contributed by atoms with Crippen molar-refractivity contribution in [1.29, 1.82) is 0 Å². The van der Waals surface area contributed by atoms with Crippen LogP contribution in [0.5, 0.6) is 0 Å². The van der Waals surface area contributed by atoms with Gasteiger partial charge in [-0.15, -0.1) is 0 Å². The molecule has 6 nitrogen and oxygen atoms in total. The van der Waals surface area contributed by atoms with Gasteiger partial charge in [0.05, 0.1) is 6.61 Å². The second-order valence-corrected chi connectivity index (χ2v) is 3.61. The van der Waals surface area contributed by atoms with Crippen molar-refractivity contribution in [3.05, 3.63) is 0 Å². The Morgan fingerprint density at radius 3 is 2.93 bits per heavy atom. The molecule has 0 bridgehead atoms. The highest BCUT2D eigenvalue weighted by Crippen LogP contribution is 2.15. The van der Waals surface area contributed by atoms with Gasteiger partial charge in [-0.1, -0.05) is 0 Å². The van der Waals surface area contributed by atoms with Crippen LogP contribution in [0, 0.1) is 5.92 Å². The molecule has 2 N–H and O–H groups in total. The van der Waals surface area contributed by atoms with Gasteiger partial charge >= 0.3 is 12.0 Å². The highest BCUT2D eigenvalue weighted by molar-refractivity contribution is 5.80. The fourth-order valence-corrected chi connectivity index (χ4v) is 1.65. The van der Waals surface area contributed by atoms with E-state index in [4.69, 9.17) is 9.84 Å². The lowest BCUT2D eigenvalue weighted by Gasteiger charge is -2.16. The topological polar surface area (TPSA) is 78.9 Å². The summed E-state index contributed by atoms with van der Waals surface area (Å²) in [6.07, 6.45) is 0.911. The van der Waals surface area contributed by atoms with Crippen molar-refractivity contribution >= 4 is 12.0 Å². The molecule has 1 atom stereocenters. The van der Waals surface area contributed by atoms with Crippen molar-refractivity contribution in [1.82, 2.24) is 10.2 Å². The maximum Gasteiger partial charge on any atom is 0.323 e. The van der Waals surface area contributed by atoms with Crippen LogP contribution in [0.1, 0.15) is 6.42 Å². The van der Waals surface area contributed by atoms with Crippen LogP contribution in [-0.2, 0) is 9.53 Å². The summed E-state index contributed by atoms with van der Waals surface area (Å²) >= 11 is 0. The van der Waals surface area contributed by atoms with Crippen LogP contribution in [-0.4, -0.2) is 55.4 Å². The summed E-state index contributed by atoms with van der Waals surface area (Å²) in [6, 6.07) is -0.309. The zero-order valence-electron chi connectivity index (χ0n) is 8.73. The molecule has 1 unspecified atom stereocenters.